The molecule has 5 rings (SSSR count). The Balaban J connectivity index is 1.33. The van der Waals surface area contributed by atoms with Crippen molar-refractivity contribution in [2.45, 2.75) is 26.7 Å². The van der Waals surface area contributed by atoms with Crippen LogP contribution in [0.2, 0.25) is 0 Å². The molecule has 34 heavy (non-hydrogen) atoms. The van der Waals surface area contributed by atoms with Gasteiger partial charge in [-0.25, -0.2) is 4.98 Å². The molecule has 0 saturated carbocycles. The topological polar surface area (TPSA) is 62.3 Å². The van der Waals surface area contributed by atoms with Gasteiger partial charge in [0.1, 0.15) is 0 Å². The van der Waals surface area contributed by atoms with Crippen molar-refractivity contribution in [3.63, 3.8) is 0 Å². The van der Waals surface area contributed by atoms with Gasteiger partial charge >= 0.3 is 0 Å². The van der Waals surface area contributed by atoms with Crippen LogP contribution in [0.25, 0.3) is 11.1 Å². The first kappa shape index (κ1) is 22.0. The summed E-state index contributed by atoms with van der Waals surface area (Å²) < 4.78 is 0. The number of carbonyl (C=O) groups excluding carboxylic acids is 2. The molecular formula is C28H25N3O2S. The van der Waals surface area contributed by atoms with Crippen molar-refractivity contribution in [3.05, 3.63) is 99.5 Å². The minimum absolute atomic E-state index is 0.0489. The van der Waals surface area contributed by atoms with E-state index in [1.807, 2.05) is 90.9 Å². The van der Waals surface area contributed by atoms with Gasteiger partial charge in [0.05, 0.1) is 17.1 Å². The summed E-state index contributed by atoms with van der Waals surface area (Å²) in [5.41, 5.74) is 7.23. The summed E-state index contributed by atoms with van der Waals surface area (Å²) in [7, 11) is 0. The quantitative estimate of drug-likeness (QED) is 0.403. The Morgan fingerprint density at radius 3 is 2.59 bits per heavy atom. The molecule has 0 unspecified atom stereocenters. The average Bonchev–Trinajstić information content (AvgIpc) is 3.45. The number of nitrogens with one attached hydrogen (secondary N) is 1. The largest absolute Gasteiger partial charge is 0.322 e. The van der Waals surface area contributed by atoms with Crippen LogP contribution < -0.4 is 10.2 Å². The highest BCUT2D eigenvalue weighted by molar-refractivity contribution is 7.09. The van der Waals surface area contributed by atoms with Crippen molar-refractivity contribution in [1.29, 1.82) is 0 Å². The third kappa shape index (κ3) is 4.50. The zero-order chi connectivity index (χ0) is 23.7. The van der Waals surface area contributed by atoms with Gasteiger partial charge in [-0.15, -0.1) is 11.3 Å². The third-order valence-corrected chi connectivity index (χ3v) is 6.89. The van der Waals surface area contributed by atoms with Crippen LogP contribution in [-0.4, -0.2) is 23.3 Å². The Kier molecular flexibility index (Phi) is 5.99. The van der Waals surface area contributed by atoms with Crippen LogP contribution in [0, 0.1) is 13.8 Å². The lowest BCUT2D eigenvalue weighted by molar-refractivity contribution is -0.117. The minimum Gasteiger partial charge on any atom is -0.322 e. The normalized spacial score (nSPS) is 12.5. The number of nitrogens with zero attached hydrogens (tertiary/aromatic N) is 2. The van der Waals surface area contributed by atoms with E-state index < -0.39 is 0 Å². The number of aryl methyl sites for hydroxylation is 2. The Morgan fingerprint density at radius 2 is 1.82 bits per heavy atom. The molecule has 1 aliphatic rings. The zero-order valence-electron chi connectivity index (χ0n) is 19.2. The summed E-state index contributed by atoms with van der Waals surface area (Å²) in [6.07, 6.45) is 1.07. The maximum Gasteiger partial charge on any atom is 0.256 e. The molecule has 1 aliphatic heterocycles. The number of benzene rings is 3. The molecule has 5 nitrogen and oxygen atoms in total. The van der Waals surface area contributed by atoms with Gasteiger partial charge in [0.2, 0.25) is 5.91 Å². The summed E-state index contributed by atoms with van der Waals surface area (Å²) in [5, 5.41) is 5.95. The number of aromatic nitrogens is 1. The molecule has 0 spiro atoms. The van der Waals surface area contributed by atoms with Gasteiger partial charge in [-0.3, -0.25) is 9.59 Å². The van der Waals surface area contributed by atoms with Crippen molar-refractivity contribution in [2.24, 2.45) is 0 Å². The zero-order valence-corrected chi connectivity index (χ0v) is 20.0. The van der Waals surface area contributed by atoms with E-state index in [-0.39, 0.29) is 11.8 Å². The number of rotatable bonds is 5. The second-order valence-electron chi connectivity index (χ2n) is 8.54. The number of hydrogen-bond donors (Lipinski definition) is 1. The molecule has 2 amide bonds. The maximum atomic E-state index is 13.2. The number of amides is 2. The number of fused-ring (bicyclic) bond motifs is 1. The first-order valence-corrected chi connectivity index (χ1v) is 12.2. The van der Waals surface area contributed by atoms with E-state index >= 15 is 0 Å². The summed E-state index contributed by atoms with van der Waals surface area (Å²) in [6, 6.07) is 21.6. The lowest BCUT2D eigenvalue weighted by atomic mass is 9.98. The highest BCUT2D eigenvalue weighted by Crippen LogP contribution is 2.32. The van der Waals surface area contributed by atoms with Crippen molar-refractivity contribution >= 4 is 34.5 Å². The van der Waals surface area contributed by atoms with Crippen LogP contribution in [0.1, 0.15) is 32.2 Å². The smallest absolute Gasteiger partial charge is 0.256 e. The van der Waals surface area contributed by atoms with Gasteiger partial charge < -0.3 is 10.2 Å². The van der Waals surface area contributed by atoms with E-state index in [9.17, 15) is 9.59 Å². The lowest BCUT2D eigenvalue weighted by Crippen LogP contribution is -2.30. The highest BCUT2D eigenvalue weighted by Gasteiger charge is 2.25. The second kappa shape index (κ2) is 9.23. The molecule has 0 fully saturated rings. The highest BCUT2D eigenvalue weighted by atomic mass is 32.1. The molecular weight excluding hydrogens is 442 g/mol. The molecule has 6 heteroatoms. The number of thiazole rings is 1. The van der Waals surface area contributed by atoms with Crippen LogP contribution in [0.15, 0.2) is 72.1 Å². The van der Waals surface area contributed by atoms with Crippen LogP contribution in [0.4, 0.5) is 11.4 Å². The fraction of sp³-hybridized carbons (Fsp3) is 0.179. The fourth-order valence-corrected chi connectivity index (χ4v) is 4.96. The van der Waals surface area contributed by atoms with Crippen LogP contribution >= 0.6 is 11.3 Å². The SMILES string of the molecule is Cc1ccc(-c2ccccc2C(=O)Nc2ccc3c(c2)CCN3C(=O)Cc2csc(C)n2)cc1. The van der Waals surface area contributed by atoms with Gasteiger partial charge in [-0.05, 0) is 61.2 Å². The second-order valence-corrected chi connectivity index (χ2v) is 9.60. The van der Waals surface area contributed by atoms with Gasteiger partial charge in [0, 0.05) is 28.9 Å². The van der Waals surface area contributed by atoms with E-state index in [1.54, 1.807) is 11.3 Å². The molecule has 2 heterocycles. The summed E-state index contributed by atoms with van der Waals surface area (Å²) in [5.74, 6) is -0.103. The first-order chi connectivity index (χ1) is 16.5. The van der Waals surface area contributed by atoms with Gasteiger partial charge in [0.25, 0.3) is 5.91 Å². The molecule has 170 valence electrons. The Morgan fingerprint density at radius 1 is 1.03 bits per heavy atom. The number of hydrogen-bond acceptors (Lipinski definition) is 4. The van der Waals surface area contributed by atoms with Crippen molar-refractivity contribution in [1.82, 2.24) is 4.98 Å². The molecule has 0 saturated heterocycles. The first-order valence-electron chi connectivity index (χ1n) is 11.3. The monoisotopic (exact) mass is 467 g/mol. The lowest BCUT2D eigenvalue weighted by Gasteiger charge is -2.17. The van der Waals surface area contributed by atoms with Crippen molar-refractivity contribution < 1.29 is 9.59 Å². The number of anilines is 2. The fourth-order valence-electron chi connectivity index (χ4n) is 4.34. The molecule has 0 radical (unpaired) electrons. The summed E-state index contributed by atoms with van der Waals surface area (Å²) >= 11 is 1.56. The van der Waals surface area contributed by atoms with Crippen molar-refractivity contribution in [3.8, 4) is 11.1 Å². The Bertz CT molecular complexity index is 1370. The molecule has 1 N–H and O–H groups in total. The molecule has 1 aromatic heterocycles. The molecule has 3 aromatic carbocycles. The third-order valence-electron chi connectivity index (χ3n) is 6.07. The van der Waals surface area contributed by atoms with E-state index in [0.29, 0.717) is 18.5 Å². The molecule has 0 aliphatic carbocycles. The summed E-state index contributed by atoms with van der Waals surface area (Å²) in [6.45, 7) is 4.63. The molecule has 0 bridgehead atoms. The Labute approximate surface area is 203 Å². The van der Waals surface area contributed by atoms with E-state index in [0.717, 1.165) is 45.2 Å². The van der Waals surface area contributed by atoms with Crippen LogP contribution in [-0.2, 0) is 17.6 Å². The molecule has 4 aromatic rings. The van der Waals surface area contributed by atoms with Gasteiger partial charge in [-0.1, -0.05) is 48.0 Å². The predicted octanol–water partition coefficient (Wildman–Crippen LogP) is 5.81. The molecule has 0 atom stereocenters. The van der Waals surface area contributed by atoms with E-state index in [2.05, 4.69) is 10.3 Å². The van der Waals surface area contributed by atoms with E-state index in [1.165, 1.54) is 5.56 Å². The average molecular weight is 468 g/mol. The minimum atomic E-state index is -0.152. The van der Waals surface area contributed by atoms with Crippen molar-refractivity contribution in [2.75, 3.05) is 16.8 Å². The van der Waals surface area contributed by atoms with Gasteiger partial charge in [0.15, 0.2) is 0 Å². The van der Waals surface area contributed by atoms with Crippen LogP contribution in [0.5, 0.6) is 0 Å². The number of carbonyl (C=O) groups is 2. The summed E-state index contributed by atoms with van der Waals surface area (Å²) in [4.78, 5) is 32.3. The predicted molar refractivity (Wildman–Crippen MR) is 138 cm³/mol. The standard InChI is InChI=1S/C28H25N3O2S/c1-18-7-9-20(10-8-18)24-5-3-4-6-25(24)28(33)30-22-11-12-26-21(15-22)13-14-31(26)27(32)16-23-17-34-19(2)29-23/h3-12,15,17H,13-14,16H2,1-2H3,(H,30,33). The van der Waals surface area contributed by atoms with Gasteiger partial charge in [-0.2, -0.15) is 0 Å². The van der Waals surface area contributed by atoms with E-state index in [4.69, 9.17) is 0 Å². The Hall–Kier alpha value is -3.77. The maximum absolute atomic E-state index is 13.2. The van der Waals surface area contributed by atoms with Crippen LogP contribution in [0.3, 0.4) is 0 Å².